The Morgan fingerprint density at radius 3 is 2.76 bits per heavy atom. The minimum absolute atomic E-state index is 0.0808. The van der Waals surface area contributed by atoms with Crippen molar-refractivity contribution in [2.24, 2.45) is 5.84 Å². The fourth-order valence-corrected chi connectivity index (χ4v) is 2.94. The summed E-state index contributed by atoms with van der Waals surface area (Å²) in [5.74, 6) is 5.40. The van der Waals surface area contributed by atoms with Crippen molar-refractivity contribution >= 4 is 11.6 Å². The number of nitrogens with two attached hydrogens (primary N) is 1. The SMILES string of the molecule is Cc1ccc(C(=O)NCCN(C)C2CCCC2)c(NN)c1. The first-order valence-electron chi connectivity index (χ1n) is 7.67. The van der Waals surface area contributed by atoms with Crippen molar-refractivity contribution in [3.63, 3.8) is 0 Å². The molecule has 21 heavy (non-hydrogen) atoms. The first kappa shape index (κ1) is 15.8. The maximum atomic E-state index is 12.2. The van der Waals surface area contributed by atoms with E-state index in [1.54, 1.807) is 6.07 Å². The molecule has 1 fully saturated rings. The molecule has 116 valence electrons. The molecule has 1 saturated carbocycles. The second-order valence-corrected chi connectivity index (χ2v) is 5.87. The van der Waals surface area contributed by atoms with Crippen LogP contribution in [0.2, 0.25) is 0 Å². The van der Waals surface area contributed by atoms with Crippen LogP contribution < -0.4 is 16.6 Å². The van der Waals surface area contributed by atoms with E-state index >= 15 is 0 Å². The minimum atomic E-state index is -0.0808. The Balaban J connectivity index is 1.84. The monoisotopic (exact) mass is 290 g/mol. The van der Waals surface area contributed by atoms with Crippen LogP contribution in [0.4, 0.5) is 5.69 Å². The lowest BCUT2D eigenvalue weighted by Crippen LogP contribution is -2.37. The Kier molecular flexibility index (Phi) is 5.59. The predicted molar refractivity (Wildman–Crippen MR) is 86.2 cm³/mol. The van der Waals surface area contributed by atoms with Gasteiger partial charge in [0.15, 0.2) is 0 Å². The molecule has 1 aliphatic carbocycles. The van der Waals surface area contributed by atoms with E-state index in [-0.39, 0.29) is 5.91 Å². The summed E-state index contributed by atoms with van der Waals surface area (Å²) in [5, 5.41) is 2.97. The average molecular weight is 290 g/mol. The summed E-state index contributed by atoms with van der Waals surface area (Å²) in [4.78, 5) is 14.6. The summed E-state index contributed by atoms with van der Waals surface area (Å²) < 4.78 is 0. The molecule has 1 amide bonds. The Bertz CT molecular complexity index is 483. The Morgan fingerprint density at radius 2 is 2.10 bits per heavy atom. The summed E-state index contributed by atoms with van der Waals surface area (Å²) >= 11 is 0. The smallest absolute Gasteiger partial charge is 0.253 e. The van der Waals surface area contributed by atoms with Crippen molar-refractivity contribution in [3.8, 4) is 0 Å². The van der Waals surface area contributed by atoms with Gasteiger partial charge in [0.2, 0.25) is 0 Å². The molecular formula is C16H26N4O. The molecular weight excluding hydrogens is 264 g/mol. The highest BCUT2D eigenvalue weighted by molar-refractivity contribution is 5.99. The number of hydrogen-bond acceptors (Lipinski definition) is 4. The molecule has 0 aliphatic heterocycles. The normalized spacial score (nSPS) is 15.4. The highest BCUT2D eigenvalue weighted by Crippen LogP contribution is 2.22. The molecule has 5 heteroatoms. The first-order valence-corrected chi connectivity index (χ1v) is 7.67. The zero-order chi connectivity index (χ0) is 15.2. The second-order valence-electron chi connectivity index (χ2n) is 5.87. The quantitative estimate of drug-likeness (QED) is 0.553. The molecule has 0 atom stereocenters. The fourth-order valence-electron chi connectivity index (χ4n) is 2.94. The van der Waals surface area contributed by atoms with Gasteiger partial charge in [0.05, 0.1) is 11.3 Å². The lowest BCUT2D eigenvalue weighted by Gasteiger charge is -2.24. The number of amides is 1. The molecule has 0 bridgehead atoms. The van der Waals surface area contributed by atoms with Gasteiger partial charge in [-0.1, -0.05) is 18.9 Å². The first-order chi connectivity index (χ1) is 10.1. The van der Waals surface area contributed by atoms with Gasteiger partial charge in [-0.15, -0.1) is 0 Å². The van der Waals surface area contributed by atoms with Gasteiger partial charge in [0, 0.05) is 19.1 Å². The van der Waals surface area contributed by atoms with Gasteiger partial charge < -0.3 is 15.6 Å². The van der Waals surface area contributed by atoms with E-state index in [2.05, 4.69) is 22.7 Å². The third-order valence-electron chi connectivity index (χ3n) is 4.27. The topological polar surface area (TPSA) is 70.4 Å². The Labute approximate surface area is 126 Å². The molecule has 0 spiro atoms. The maximum Gasteiger partial charge on any atom is 0.253 e. The van der Waals surface area contributed by atoms with Gasteiger partial charge >= 0.3 is 0 Å². The predicted octanol–water partition coefficient (Wildman–Crippen LogP) is 1.88. The van der Waals surface area contributed by atoms with Crippen molar-refractivity contribution in [2.75, 3.05) is 25.6 Å². The molecule has 1 aromatic carbocycles. The number of aryl methyl sites for hydroxylation is 1. The van der Waals surface area contributed by atoms with Crippen molar-refractivity contribution in [1.82, 2.24) is 10.2 Å². The number of rotatable bonds is 6. The zero-order valence-corrected chi connectivity index (χ0v) is 13.0. The minimum Gasteiger partial charge on any atom is -0.351 e. The summed E-state index contributed by atoms with van der Waals surface area (Å²) in [6.45, 7) is 3.51. The van der Waals surface area contributed by atoms with E-state index in [4.69, 9.17) is 5.84 Å². The number of hydrogen-bond donors (Lipinski definition) is 3. The van der Waals surface area contributed by atoms with Crippen molar-refractivity contribution < 1.29 is 4.79 Å². The lowest BCUT2D eigenvalue weighted by molar-refractivity contribution is 0.0948. The molecule has 1 aromatic rings. The van der Waals surface area contributed by atoms with Crippen LogP contribution in [0.3, 0.4) is 0 Å². The number of nitrogens with one attached hydrogen (secondary N) is 2. The third kappa shape index (κ3) is 4.19. The summed E-state index contributed by atoms with van der Waals surface area (Å²) in [7, 11) is 2.14. The van der Waals surface area contributed by atoms with E-state index in [1.165, 1.54) is 25.7 Å². The highest BCUT2D eigenvalue weighted by Gasteiger charge is 2.19. The number of likely N-dealkylation sites (N-methyl/N-ethyl adjacent to an activating group) is 1. The number of hydrazine groups is 1. The number of anilines is 1. The molecule has 0 unspecified atom stereocenters. The van der Waals surface area contributed by atoms with Crippen LogP contribution in [-0.2, 0) is 0 Å². The summed E-state index contributed by atoms with van der Waals surface area (Å²) in [5.41, 5.74) is 4.91. The molecule has 1 aliphatic rings. The van der Waals surface area contributed by atoms with E-state index < -0.39 is 0 Å². The molecule has 0 radical (unpaired) electrons. The maximum absolute atomic E-state index is 12.2. The molecule has 4 N–H and O–H groups in total. The Morgan fingerprint density at radius 1 is 1.38 bits per heavy atom. The molecule has 0 saturated heterocycles. The van der Waals surface area contributed by atoms with Crippen LogP contribution in [0, 0.1) is 6.92 Å². The van der Waals surface area contributed by atoms with Gasteiger partial charge in [-0.25, -0.2) is 0 Å². The van der Waals surface area contributed by atoms with Gasteiger partial charge in [0.1, 0.15) is 0 Å². The van der Waals surface area contributed by atoms with Crippen LogP contribution in [0.1, 0.15) is 41.6 Å². The van der Waals surface area contributed by atoms with Crippen LogP contribution >= 0.6 is 0 Å². The molecule has 2 rings (SSSR count). The van der Waals surface area contributed by atoms with E-state index in [9.17, 15) is 4.79 Å². The van der Waals surface area contributed by atoms with Gasteiger partial charge in [-0.05, 0) is 44.5 Å². The number of carbonyl (C=O) groups excluding carboxylic acids is 1. The number of nitrogens with zero attached hydrogens (tertiary/aromatic N) is 1. The fraction of sp³-hybridized carbons (Fsp3) is 0.562. The zero-order valence-electron chi connectivity index (χ0n) is 13.0. The summed E-state index contributed by atoms with van der Waals surface area (Å²) in [6.07, 6.45) is 5.22. The van der Waals surface area contributed by atoms with Crippen LogP contribution in [0.25, 0.3) is 0 Å². The van der Waals surface area contributed by atoms with Gasteiger partial charge in [-0.2, -0.15) is 0 Å². The van der Waals surface area contributed by atoms with E-state index in [0.29, 0.717) is 23.8 Å². The molecule has 5 nitrogen and oxygen atoms in total. The second kappa shape index (κ2) is 7.43. The van der Waals surface area contributed by atoms with E-state index in [0.717, 1.165) is 12.1 Å². The standard InChI is InChI=1S/C16H26N4O/c1-12-7-8-14(15(11-12)19-17)16(21)18-9-10-20(2)13-5-3-4-6-13/h7-8,11,13,19H,3-6,9-10,17H2,1-2H3,(H,18,21). The largest absolute Gasteiger partial charge is 0.351 e. The van der Waals surface area contributed by atoms with Crippen molar-refractivity contribution in [1.29, 1.82) is 0 Å². The Hall–Kier alpha value is -1.59. The average Bonchev–Trinajstić information content (AvgIpc) is 3.01. The number of nitrogen functional groups attached to an aromatic ring is 1. The van der Waals surface area contributed by atoms with Crippen LogP contribution in [0.5, 0.6) is 0 Å². The molecule has 0 aromatic heterocycles. The van der Waals surface area contributed by atoms with Crippen LogP contribution in [0.15, 0.2) is 18.2 Å². The highest BCUT2D eigenvalue weighted by atomic mass is 16.1. The number of benzene rings is 1. The van der Waals surface area contributed by atoms with E-state index in [1.807, 2.05) is 19.1 Å². The molecule has 0 heterocycles. The van der Waals surface area contributed by atoms with Crippen molar-refractivity contribution in [2.45, 2.75) is 38.6 Å². The number of carbonyl (C=O) groups is 1. The van der Waals surface area contributed by atoms with Crippen LogP contribution in [-0.4, -0.2) is 37.0 Å². The third-order valence-corrected chi connectivity index (χ3v) is 4.27. The lowest BCUT2D eigenvalue weighted by atomic mass is 10.1. The van der Waals surface area contributed by atoms with Crippen molar-refractivity contribution in [3.05, 3.63) is 29.3 Å². The van der Waals surface area contributed by atoms with Gasteiger partial charge in [-0.3, -0.25) is 10.6 Å². The summed E-state index contributed by atoms with van der Waals surface area (Å²) in [6, 6.07) is 6.28. The van der Waals surface area contributed by atoms with Gasteiger partial charge in [0.25, 0.3) is 5.91 Å².